The predicted octanol–water partition coefficient (Wildman–Crippen LogP) is 3.65. The second-order valence-electron chi connectivity index (χ2n) is 6.70. The van der Waals surface area contributed by atoms with E-state index in [9.17, 15) is 14.0 Å². The van der Waals surface area contributed by atoms with E-state index in [2.05, 4.69) is 15.5 Å². The zero-order valence-corrected chi connectivity index (χ0v) is 16.0. The molecule has 150 valence electrons. The molecule has 8 heteroatoms. The zero-order valence-electron chi connectivity index (χ0n) is 16.0. The number of anilines is 1. The number of carbonyl (C=O) groups is 1. The molecule has 2 aromatic carbocycles. The number of aryl methyl sites for hydroxylation is 1. The largest absolute Gasteiger partial charge is 0.333 e. The molecule has 30 heavy (non-hydrogen) atoms. The number of hydrogen-bond acceptors (Lipinski definition) is 5. The van der Waals surface area contributed by atoms with Gasteiger partial charge in [0.1, 0.15) is 17.9 Å². The van der Waals surface area contributed by atoms with E-state index in [1.165, 1.54) is 35.0 Å². The average molecular weight is 404 g/mol. The van der Waals surface area contributed by atoms with Gasteiger partial charge < -0.3 is 14.4 Å². The quantitative estimate of drug-likeness (QED) is 0.548. The van der Waals surface area contributed by atoms with Crippen LogP contribution in [0.5, 0.6) is 0 Å². The van der Waals surface area contributed by atoms with Gasteiger partial charge in [0.2, 0.25) is 11.7 Å². The third-order valence-electron chi connectivity index (χ3n) is 4.43. The van der Waals surface area contributed by atoms with Gasteiger partial charge in [-0.2, -0.15) is 4.98 Å². The molecule has 4 aromatic rings. The number of pyridine rings is 1. The van der Waals surface area contributed by atoms with Gasteiger partial charge >= 0.3 is 0 Å². The summed E-state index contributed by atoms with van der Waals surface area (Å²) in [4.78, 5) is 29.4. The molecule has 0 aliphatic rings. The minimum Gasteiger partial charge on any atom is -0.333 e. The van der Waals surface area contributed by atoms with Crippen LogP contribution < -0.4 is 10.9 Å². The summed E-state index contributed by atoms with van der Waals surface area (Å²) in [6, 6.07) is 16.1. The van der Waals surface area contributed by atoms with Crippen molar-refractivity contribution in [3.63, 3.8) is 0 Å². The third-order valence-corrected chi connectivity index (χ3v) is 4.43. The molecule has 4 rings (SSSR count). The number of hydrogen-bond donors (Lipinski definition) is 1. The highest BCUT2D eigenvalue weighted by Crippen LogP contribution is 2.20. The molecule has 0 radical (unpaired) electrons. The maximum absolute atomic E-state index is 13.1. The van der Waals surface area contributed by atoms with Crippen molar-refractivity contribution in [3.05, 3.63) is 88.6 Å². The Bertz CT molecular complexity index is 1240. The van der Waals surface area contributed by atoms with Gasteiger partial charge in [-0.05, 0) is 55.5 Å². The second-order valence-corrected chi connectivity index (χ2v) is 6.70. The van der Waals surface area contributed by atoms with Crippen LogP contribution in [0, 0.1) is 12.7 Å². The number of carbonyl (C=O) groups excluding carboxylic acids is 1. The molecule has 1 N–H and O–H groups in total. The van der Waals surface area contributed by atoms with Crippen LogP contribution >= 0.6 is 0 Å². The van der Waals surface area contributed by atoms with E-state index in [1.54, 1.807) is 24.3 Å². The van der Waals surface area contributed by atoms with Crippen LogP contribution in [0.2, 0.25) is 0 Å². The highest BCUT2D eigenvalue weighted by Gasteiger charge is 2.16. The maximum Gasteiger partial charge on any atom is 0.263 e. The highest BCUT2D eigenvalue weighted by atomic mass is 19.1. The number of rotatable bonds is 5. The smallest absolute Gasteiger partial charge is 0.263 e. The molecule has 0 fully saturated rings. The molecule has 0 unspecified atom stereocenters. The van der Waals surface area contributed by atoms with Crippen LogP contribution in [-0.2, 0) is 11.3 Å². The van der Waals surface area contributed by atoms with E-state index in [0.29, 0.717) is 11.3 Å². The van der Waals surface area contributed by atoms with Gasteiger partial charge in [0.05, 0.1) is 0 Å². The van der Waals surface area contributed by atoms with Crippen molar-refractivity contribution in [3.8, 4) is 22.8 Å². The summed E-state index contributed by atoms with van der Waals surface area (Å²) in [5.74, 6) is -0.461. The van der Waals surface area contributed by atoms with Crippen LogP contribution in [-0.4, -0.2) is 20.6 Å². The molecule has 0 aliphatic heterocycles. The fourth-order valence-corrected chi connectivity index (χ4v) is 2.87. The van der Waals surface area contributed by atoms with E-state index in [0.717, 1.165) is 5.56 Å². The molecule has 0 saturated heterocycles. The Labute approximate surface area is 170 Å². The first-order valence-electron chi connectivity index (χ1n) is 9.15. The van der Waals surface area contributed by atoms with Gasteiger partial charge in [0.25, 0.3) is 11.4 Å². The lowest BCUT2D eigenvalue weighted by molar-refractivity contribution is -0.116. The molecular weight excluding hydrogens is 387 g/mol. The summed E-state index contributed by atoms with van der Waals surface area (Å²) in [7, 11) is 0. The first-order valence-corrected chi connectivity index (χ1v) is 9.15. The van der Waals surface area contributed by atoms with Crippen LogP contribution in [0.3, 0.4) is 0 Å². The van der Waals surface area contributed by atoms with Gasteiger partial charge in [-0.25, -0.2) is 4.39 Å². The molecular formula is C22H17FN4O3. The average Bonchev–Trinajstić information content (AvgIpc) is 3.22. The molecule has 1 amide bonds. The van der Waals surface area contributed by atoms with E-state index in [1.807, 2.05) is 19.1 Å². The topological polar surface area (TPSA) is 90.0 Å². The molecule has 0 aliphatic carbocycles. The third kappa shape index (κ3) is 4.17. The van der Waals surface area contributed by atoms with Gasteiger partial charge in [-0.1, -0.05) is 22.9 Å². The second kappa shape index (κ2) is 8.12. The first-order chi connectivity index (χ1) is 14.5. The monoisotopic (exact) mass is 404 g/mol. The van der Waals surface area contributed by atoms with Crippen LogP contribution in [0.15, 0.2) is 76.2 Å². The lowest BCUT2D eigenvalue weighted by Crippen LogP contribution is -2.28. The van der Waals surface area contributed by atoms with Crippen molar-refractivity contribution < 1.29 is 13.7 Å². The molecule has 2 heterocycles. The van der Waals surface area contributed by atoms with Gasteiger partial charge in [-0.15, -0.1) is 0 Å². The highest BCUT2D eigenvalue weighted by molar-refractivity contribution is 5.90. The maximum atomic E-state index is 13.1. The molecule has 0 atom stereocenters. The van der Waals surface area contributed by atoms with Gasteiger partial charge in [-0.3, -0.25) is 9.59 Å². The summed E-state index contributed by atoms with van der Waals surface area (Å²) < 4.78 is 19.6. The van der Waals surface area contributed by atoms with Crippen LogP contribution in [0.1, 0.15) is 5.56 Å². The zero-order chi connectivity index (χ0) is 21.1. The molecule has 0 bridgehead atoms. The molecule has 0 saturated carbocycles. The van der Waals surface area contributed by atoms with Gasteiger partial charge in [0, 0.05) is 17.4 Å². The number of nitrogens with zero attached hydrogens (tertiary/aromatic N) is 3. The summed E-state index contributed by atoms with van der Waals surface area (Å²) in [5.41, 5.74) is 2.01. The normalized spacial score (nSPS) is 10.7. The van der Waals surface area contributed by atoms with E-state index < -0.39 is 5.56 Å². The lowest BCUT2D eigenvalue weighted by atomic mass is 10.2. The fraction of sp³-hybridized carbons (Fsp3) is 0.0909. The minimum absolute atomic E-state index is 0.0209. The number of aromatic nitrogens is 3. The van der Waals surface area contributed by atoms with E-state index >= 15 is 0 Å². The lowest BCUT2D eigenvalue weighted by Gasteiger charge is -2.08. The van der Waals surface area contributed by atoms with E-state index in [-0.39, 0.29) is 35.5 Å². The summed E-state index contributed by atoms with van der Waals surface area (Å²) >= 11 is 0. The first kappa shape index (κ1) is 19.3. The Morgan fingerprint density at radius 1 is 1.10 bits per heavy atom. The number of halogens is 1. The van der Waals surface area contributed by atoms with Crippen molar-refractivity contribution in [1.29, 1.82) is 0 Å². The molecule has 0 spiro atoms. The number of benzene rings is 2. The van der Waals surface area contributed by atoms with Crippen molar-refractivity contribution in [1.82, 2.24) is 14.7 Å². The summed E-state index contributed by atoms with van der Waals surface area (Å²) in [6.07, 6.45) is 1.51. The fourth-order valence-electron chi connectivity index (χ4n) is 2.87. The van der Waals surface area contributed by atoms with Crippen molar-refractivity contribution >= 4 is 11.6 Å². The van der Waals surface area contributed by atoms with Gasteiger partial charge in [0.15, 0.2) is 0 Å². The summed E-state index contributed by atoms with van der Waals surface area (Å²) in [6.45, 7) is 1.79. The van der Waals surface area contributed by atoms with Crippen molar-refractivity contribution in [2.45, 2.75) is 13.5 Å². The van der Waals surface area contributed by atoms with Crippen molar-refractivity contribution in [2.75, 3.05) is 5.32 Å². The SMILES string of the molecule is Cc1ccc(NC(=O)Cn2cccc(-c3nc(-c4ccc(F)cc4)no3)c2=O)cc1. The Morgan fingerprint density at radius 3 is 2.57 bits per heavy atom. The summed E-state index contributed by atoms with van der Waals surface area (Å²) in [5, 5.41) is 6.60. The molecule has 7 nitrogen and oxygen atoms in total. The Morgan fingerprint density at radius 2 is 1.83 bits per heavy atom. The predicted molar refractivity (Wildman–Crippen MR) is 109 cm³/mol. The Hall–Kier alpha value is -4.07. The van der Waals surface area contributed by atoms with Crippen LogP contribution in [0.4, 0.5) is 10.1 Å². The number of nitrogens with one attached hydrogen (secondary N) is 1. The number of amides is 1. The standard InChI is InChI=1S/C22H17FN4O3/c1-14-4-10-17(11-5-14)24-19(28)13-27-12-2-3-18(22(27)29)21-25-20(26-30-21)15-6-8-16(23)9-7-15/h2-12H,13H2,1H3,(H,24,28). The Balaban J connectivity index is 1.54. The van der Waals surface area contributed by atoms with Crippen LogP contribution in [0.25, 0.3) is 22.8 Å². The van der Waals surface area contributed by atoms with E-state index in [4.69, 9.17) is 4.52 Å². The minimum atomic E-state index is -0.439. The Kier molecular flexibility index (Phi) is 5.21. The van der Waals surface area contributed by atoms with Crippen molar-refractivity contribution in [2.24, 2.45) is 0 Å². The molecule has 2 aromatic heterocycles.